The number of methoxy groups -OCH3 is 1. The molecule has 0 N–H and O–H groups in total. The summed E-state index contributed by atoms with van der Waals surface area (Å²) in [7, 11) is 1.38. The fourth-order valence-corrected chi connectivity index (χ4v) is 1.50. The average Bonchev–Trinajstić information content (AvgIpc) is 2.73. The van der Waals surface area contributed by atoms with E-state index in [-0.39, 0.29) is 18.7 Å². The van der Waals surface area contributed by atoms with Crippen molar-refractivity contribution in [3.63, 3.8) is 0 Å². The zero-order chi connectivity index (χ0) is 10.8. The number of fused-ring (bicyclic) bond motifs is 1. The van der Waals surface area contributed by atoms with Crippen LogP contribution in [0.5, 0.6) is 11.5 Å². The van der Waals surface area contributed by atoms with E-state index in [1.165, 1.54) is 7.11 Å². The normalized spacial score (nSPS) is 14.8. The van der Waals surface area contributed by atoms with Gasteiger partial charge in [-0.05, 0) is 24.6 Å². The molecule has 0 fully saturated rings. The van der Waals surface area contributed by atoms with E-state index in [0.29, 0.717) is 5.75 Å². The van der Waals surface area contributed by atoms with Crippen molar-refractivity contribution < 1.29 is 19.0 Å². The molecule has 1 aliphatic rings. The Kier molecular flexibility index (Phi) is 2.49. The van der Waals surface area contributed by atoms with Crippen molar-refractivity contribution in [3.05, 3.63) is 23.8 Å². The van der Waals surface area contributed by atoms with Crippen LogP contribution in [-0.2, 0) is 9.53 Å². The van der Waals surface area contributed by atoms with Gasteiger partial charge in [-0.1, -0.05) is 6.07 Å². The molecule has 15 heavy (non-hydrogen) atoms. The lowest BCUT2D eigenvalue weighted by Gasteiger charge is -2.09. The monoisotopic (exact) mass is 208 g/mol. The molecule has 0 amide bonds. The van der Waals surface area contributed by atoms with Crippen LogP contribution >= 0.6 is 0 Å². The Morgan fingerprint density at radius 1 is 1.40 bits per heavy atom. The van der Waals surface area contributed by atoms with Gasteiger partial charge >= 0.3 is 5.97 Å². The van der Waals surface area contributed by atoms with Crippen LogP contribution in [0.4, 0.5) is 0 Å². The number of carbonyl (C=O) groups is 1. The minimum Gasteiger partial charge on any atom is -0.469 e. The highest BCUT2D eigenvalue weighted by Gasteiger charge is 2.19. The highest BCUT2D eigenvalue weighted by Crippen LogP contribution is 2.34. The third kappa shape index (κ3) is 1.75. The number of hydrogen-bond donors (Lipinski definition) is 0. The first-order valence-corrected chi connectivity index (χ1v) is 4.69. The van der Waals surface area contributed by atoms with Gasteiger partial charge in [0, 0.05) is 0 Å². The van der Waals surface area contributed by atoms with Gasteiger partial charge in [-0.15, -0.1) is 0 Å². The molecule has 1 aromatic carbocycles. The Morgan fingerprint density at radius 2 is 2.13 bits per heavy atom. The summed E-state index contributed by atoms with van der Waals surface area (Å²) in [5.74, 6) is 0.859. The molecule has 0 spiro atoms. The van der Waals surface area contributed by atoms with Crippen LogP contribution in [0.25, 0.3) is 0 Å². The maximum absolute atomic E-state index is 11.3. The number of carbonyl (C=O) groups excluding carboxylic acids is 1. The second-order valence-corrected chi connectivity index (χ2v) is 3.36. The van der Waals surface area contributed by atoms with Gasteiger partial charge in [0.25, 0.3) is 0 Å². The number of benzene rings is 1. The molecule has 1 heterocycles. The first kappa shape index (κ1) is 9.83. The molecule has 0 saturated carbocycles. The second-order valence-electron chi connectivity index (χ2n) is 3.36. The zero-order valence-electron chi connectivity index (χ0n) is 8.65. The van der Waals surface area contributed by atoms with E-state index < -0.39 is 0 Å². The Labute approximate surface area is 87.8 Å². The van der Waals surface area contributed by atoms with Gasteiger partial charge in [-0.25, -0.2) is 0 Å². The van der Waals surface area contributed by atoms with Gasteiger partial charge in [-0.2, -0.15) is 0 Å². The third-order valence-corrected chi connectivity index (χ3v) is 2.45. The van der Waals surface area contributed by atoms with Crippen LogP contribution in [0.3, 0.4) is 0 Å². The third-order valence-electron chi connectivity index (χ3n) is 2.45. The molecule has 1 unspecified atom stereocenters. The minimum atomic E-state index is -0.288. The molecule has 1 atom stereocenters. The van der Waals surface area contributed by atoms with Gasteiger partial charge in [0.05, 0.1) is 13.0 Å². The van der Waals surface area contributed by atoms with Crippen LogP contribution in [0.2, 0.25) is 0 Å². The van der Waals surface area contributed by atoms with Crippen LogP contribution in [-0.4, -0.2) is 19.9 Å². The summed E-state index contributed by atoms with van der Waals surface area (Å²) in [5, 5.41) is 0. The van der Waals surface area contributed by atoms with Crippen molar-refractivity contribution in [2.45, 2.75) is 12.8 Å². The van der Waals surface area contributed by atoms with Crippen LogP contribution in [0.15, 0.2) is 18.2 Å². The number of hydrogen-bond acceptors (Lipinski definition) is 4. The van der Waals surface area contributed by atoms with E-state index in [9.17, 15) is 4.79 Å². The van der Waals surface area contributed by atoms with Crippen molar-refractivity contribution in [3.8, 4) is 11.5 Å². The van der Waals surface area contributed by atoms with E-state index in [1.54, 1.807) is 13.0 Å². The van der Waals surface area contributed by atoms with E-state index in [1.807, 2.05) is 12.1 Å². The van der Waals surface area contributed by atoms with Gasteiger partial charge in [0.15, 0.2) is 11.5 Å². The number of ether oxygens (including phenoxy) is 3. The molecule has 0 aliphatic carbocycles. The summed E-state index contributed by atoms with van der Waals surface area (Å²) < 4.78 is 15.1. The zero-order valence-corrected chi connectivity index (χ0v) is 8.65. The predicted octanol–water partition coefficient (Wildman–Crippen LogP) is 1.69. The second kappa shape index (κ2) is 3.81. The van der Waals surface area contributed by atoms with E-state index in [2.05, 4.69) is 4.74 Å². The lowest BCUT2D eigenvalue weighted by Crippen LogP contribution is -2.10. The van der Waals surface area contributed by atoms with E-state index in [4.69, 9.17) is 9.47 Å². The maximum Gasteiger partial charge on any atom is 0.312 e. The number of rotatable bonds is 2. The Morgan fingerprint density at radius 3 is 2.87 bits per heavy atom. The lowest BCUT2D eigenvalue weighted by atomic mass is 10.0. The van der Waals surface area contributed by atoms with Crippen molar-refractivity contribution in [1.29, 1.82) is 0 Å². The molecule has 80 valence electrons. The molecule has 1 aliphatic heterocycles. The summed E-state index contributed by atoms with van der Waals surface area (Å²) >= 11 is 0. The summed E-state index contributed by atoms with van der Waals surface area (Å²) in [6.45, 7) is 2.04. The summed E-state index contributed by atoms with van der Waals surface area (Å²) in [5.41, 5.74) is 0.867. The van der Waals surface area contributed by atoms with Crippen LogP contribution < -0.4 is 9.47 Å². The lowest BCUT2D eigenvalue weighted by molar-refractivity contribution is -0.141. The fourth-order valence-electron chi connectivity index (χ4n) is 1.50. The van der Waals surface area contributed by atoms with Gasteiger partial charge in [0.2, 0.25) is 6.79 Å². The molecule has 0 saturated heterocycles. The summed E-state index contributed by atoms with van der Waals surface area (Å²) in [6, 6.07) is 5.45. The Balaban J connectivity index is 2.26. The SMILES string of the molecule is COC(=O)C(C)c1ccc2c(c1)OCO2. The Bertz CT molecular complexity index is 386. The highest BCUT2D eigenvalue weighted by molar-refractivity contribution is 5.77. The first-order chi connectivity index (χ1) is 7.22. The molecule has 0 aromatic heterocycles. The standard InChI is InChI=1S/C11H12O4/c1-7(11(12)13-2)8-3-4-9-10(5-8)15-6-14-9/h3-5,7H,6H2,1-2H3. The topological polar surface area (TPSA) is 44.8 Å². The van der Waals surface area contributed by atoms with Crippen LogP contribution in [0, 0.1) is 0 Å². The van der Waals surface area contributed by atoms with E-state index >= 15 is 0 Å². The average molecular weight is 208 g/mol. The smallest absolute Gasteiger partial charge is 0.312 e. The predicted molar refractivity (Wildman–Crippen MR) is 53.0 cm³/mol. The summed E-state index contributed by atoms with van der Waals surface area (Å²) in [6.07, 6.45) is 0. The van der Waals surface area contributed by atoms with Crippen LogP contribution in [0.1, 0.15) is 18.4 Å². The quantitative estimate of drug-likeness (QED) is 0.694. The first-order valence-electron chi connectivity index (χ1n) is 4.69. The molecule has 4 heteroatoms. The molecular formula is C11H12O4. The van der Waals surface area contributed by atoms with Gasteiger partial charge in [0.1, 0.15) is 0 Å². The van der Waals surface area contributed by atoms with Gasteiger partial charge < -0.3 is 14.2 Å². The maximum atomic E-state index is 11.3. The Hall–Kier alpha value is -1.71. The van der Waals surface area contributed by atoms with Crippen molar-refractivity contribution in [2.24, 2.45) is 0 Å². The molecule has 1 aromatic rings. The molecule has 4 nitrogen and oxygen atoms in total. The number of esters is 1. The molecule has 0 radical (unpaired) electrons. The molecule has 2 rings (SSSR count). The fraction of sp³-hybridized carbons (Fsp3) is 0.364. The highest BCUT2D eigenvalue weighted by atomic mass is 16.7. The van der Waals surface area contributed by atoms with E-state index in [0.717, 1.165) is 11.3 Å². The largest absolute Gasteiger partial charge is 0.469 e. The van der Waals surface area contributed by atoms with Crippen molar-refractivity contribution in [1.82, 2.24) is 0 Å². The minimum absolute atomic E-state index is 0.241. The molecule has 0 bridgehead atoms. The van der Waals surface area contributed by atoms with Crippen molar-refractivity contribution >= 4 is 5.97 Å². The summed E-state index contributed by atoms with van der Waals surface area (Å²) in [4.78, 5) is 11.3. The molecular weight excluding hydrogens is 196 g/mol. The van der Waals surface area contributed by atoms with Gasteiger partial charge in [-0.3, -0.25) is 4.79 Å². The van der Waals surface area contributed by atoms with Crippen molar-refractivity contribution in [2.75, 3.05) is 13.9 Å².